The monoisotopic (exact) mass is 320 g/mol. The summed E-state index contributed by atoms with van der Waals surface area (Å²) in [4.78, 5) is 0. The maximum absolute atomic E-state index is 13.8. The average Bonchev–Trinajstić information content (AvgIpc) is 3.07. The highest BCUT2D eigenvalue weighted by molar-refractivity contribution is 5.41. The molecule has 0 aromatic heterocycles. The van der Waals surface area contributed by atoms with Crippen LogP contribution in [0.5, 0.6) is 11.5 Å². The summed E-state index contributed by atoms with van der Waals surface area (Å²) in [6.07, 6.45) is 0.553. The fourth-order valence-corrected chi connectivity index (χ4v) is 2.94. The summed E-state index contributed by atoms with van der Waals surface area (Å²) < 4.78 is 25.3. The van der Waals surface area contributed by atoms with E-state index in [9.17, 15) is 4.39 Å². The largest absolute Gasteiger partial charge is 0.489 e. The molecular weight excluding hydrogens is 303 g/mol. The first-order valence-electron chi connectivity index (χ1n) is 8.00. The highest BCUT2D eigenvalue weighted by Crippen LogP contribution is 2.38. The predicted octanol–water partition coefficient (Wildman–Crippen LogP) is 5.08. The topological polar surface area (TPSA) is 18.5 Å². The molecule has 120 valence electrons. The van der Waals surface area contributed by atoms with E-state index in [-0.39, 0.29) is 11.9 Å². The Morgan fingerprint density at radius 3 is 2.46 bits per heavy atom. The van der Waals surface area contributed by atoms with Crippen molar-refractivity contribution in [2.24, 2.45) is 0 Å². The summed E-state index contributed by atoms with van der Waals surface area (Å²) in [6.45, 7) is 0.538. The smallest absolute Gasteiger partial charge is 0.165 e. The second kappa shape index (κ2) is 6.36. The predicted molar refractivity (Wildman–Crippen MR) is 90.7 cm³/mol. The van der Waals surface area contributed by atoms with Gasteiger partial charge in [0.15, 0.2) is 11.6 Å². The van der Waals surface area contributed by atoms with Gasteiger partial charge in [-0.15, -0.1) is 0 Å². The van der Waals surface area contributed by atoms with E-state index >= 15 is 0 Å². The number of rotatable bonds is 4. The molecule has 24 heavy (non-hydrogen) atoms. The van der Waals surface area contributed by atoms with Gasteiger partial charge in [0.2, 0.25) is 0 Å². The van der Waals surface area contributed by atoms with Crippen LogP contribution in [0, 0.1) is 5.82 Å². The van der Waals surface area contributed by atoms with Crippen LogP contribution in [-0.2, 0) is 13.0 Å². The molecule has 0 N–H and O–H groups in total. The molecule has 0 saturated heterocycles. The van der Waals surface area contributed by atoms with Crippen LogP contribution in [0.25, 0.3) is 0 Å². The second-order valence-electron chi connectivity index (χ2n) is 5.88. The van der Waals surface area contributed by atoms with E-state index in [1.807, 2.05) is 60.7 Å². The van der Waals surface area contributed by atoms with E-state index in [2.05, 4.69) is 0 Å². The molecule has 2 nitrogen and oxygen atoms in total. The summed E-state index contributed by atoms with van der Waals surface area (Å²) >= 11 is 0. The number of para-hydroxylation sites is 1. The maximum Gasteiger partial charge on any atom is 0.165 e. The van der Waals surface area contributed by atoms with Crippen molar-refractivity contribution < 1.29 is 13.9 Å². The van der Waals surface area contributed by atoms with Crippen molar-refractivity contribution in [3.05, 3.63) is 95.3 Å². The van der Waals surface area contributed by atoms with E-state index in [0.29, 0.717) is 18.8 Å². The zero-order valence-corrected chi connectivity index (χ0v) is 13.1. The molecule has 0 spiro atoms. The summed E-state index contributed by atoms with van der Waals surface area (Å²) in [7, 11) is 0. The third-order valence-corrected chi connectivity index (χ3v) is 4.21. The Morgan fingerprint density at radius 2 is 1.71 bits per heavy atom. The van der Waals surface area contributed by atoms with Gasteiger partial charge in [-0.25, -0.2) is 4.39 Å². The first-order chi connectivity index (χ1) is 11.8. The van der Waals surface area contributed by atoms with Crippen LogP contribution in [0.2, 0.25) is 0 Å². The summed E-state index contributed by atoms with van der Waals surface area (Å²) in [5.41, 5.74) is 3.08. The fraction of sp³-hybridized carbons (Fsp3) is 0.143. The van der Waals surface area contributed by atoms with Crippen molar-refractivity contribution in [3.8, 4) is 11.5 Å². The minimum Gasteiger partial charge on any atom is -0.489 e. The Balaban J connectivity index is 1.43. The van der Waals surface area contributed by atoms with Gasteiger partial charge < -0.3 is 9.47 Å². The van der Waals surface area contributed by atoms with Crippen LogP contribution < -0.4 is 9.47 Å². The molecule has 1 aliphatic heterocycles. The van der Waals surface area contributed by atoms with Gasteiger partial charge in [0.05, 0.1) is 0 Å². The molecular formula is C21H17FO2. The maximum atomic E-state index is 13.8. The second-order valence-corrected chi connectivity index (χ2v) is 5.88. The normalized spacial score (nSPS) is 15.6. The fourth-order valence-electron chi connectivity index (χ4n) is 2.94. The van der Waals surface area contributed by atoms with Crippen molar-refractivity contribution in [1.82, 2.24) is 0 Å². The number of hydrogen-bond donors (Lipinski definition) is 0. The lowest BCUT2D eigenvalue weighted by atomic mass is 10.0. The molecule has 0 radical (unpaired) electrons. The number of hydrogen-bond acceptors (Lipinski definition) is 2. The average molecular weight is 320 g/mol. The van der Waals surface area contributed by atoms with Gasteiger partial charge in [-0.3, -0.25) is 0 Å². The molecule has 0 bridgehead atoms. The molecule has 1 atom stereocenters. The van der Waals surface area contributed by atoms with E-state index in [1.165, 1.54) is 6.07 Å². The number of benzene rings is 3. The lowest BCUT2D eigenvalue weighted by Crippen LogP contribution is -2.03. The van der Waals surface area contributed by atoms with Gasteiger partial charge in [0.25, 0.3) is 0 Å². The minimum absolute atomic E-state index is 0.139. The number of ether oxygens (including phenoxy) is 2. The molecule has 0 fully saturated rings. The van der Waals surface area contributed by atoms with Crippen molar-refractivity contribution >= 4 is 0 Å². The SMILES string of the molecule is Fc1cccc2c1OC(c1ccc(OCc3ccccc3)cc1)C2. The van der Waals surface area contributed by atoms with Gasteiger partial charge in [-0.05, 0) is 29.3 Å². The third kappa shape index (κ3) is 2.98. The minimum atomic E-state index is -0.294. The molecule has 0 aliphatic carbocycles. The van der Waals surface area contributed by atoms with E-state index in [1.54, 1.807) is 6.07 Å². The Morgan fingerprint density at radius 1 is 0.917 bits per heavy atom. The van der Waals surface area contributed by atoms with Crippen molar-refractivity contribution in [1.29, 1.82) is 0 Å². The van der Waals surface area contributed by atoms with Gasteiger partial charge in [-0.1, -0.05) is 54.6 Å². The standard InChI is InChI=1S/C21H17FO2/c22-19-8-4-7-17-13-20(24-21(17)19)16-9-11-18(12-10-16)23-14-15-5-2-1-3-6-15/h1-12,20H,13-14H2. The molecule has 1 aliphatic rings. The Labute approximate surface area is 140 Å². The van der Waals surface area contributed by atoms with Gasteiger partial charge in [-0.2, -0.15) is 0 Å². The molecule has 3 heteroatoms. The Hall–Kier alpha value is -2.81. The van der Waals surface area contributed by atoms with Crippen LogP contribution in [0.15, 0.2) is 72.8 Å². The summed E-state index contributed by atoms with van der Waals surface area (Å²) in [5, 5.41) is 0. The molecule has 1 unspecified atom stereocenters. The zero-order valence-electron chi connectivity index (χ0n) is 13.1. The first kappa shape index (κ1) is 14.8. The van der Waals surface area contributed by atoms with E-state index in [0.717, 1.165) is 22.4 Å². The van der Waals surface area contributed by atoms with Crippen LogP contribution >= 0.6 is 0 Å². The van der Waals surface area contributed by atoms with Crippen LogP contribution in [0.3, 0.4) is 0 Å². The van der Waals surface area contributed by atoms with Crippen molar-refractivity contribution in [3.63, 3.8) is 0 Å². The van der Waals surface area contributed by atoms with Crippen LogP contribution in [-0.4, -0.2) is 0 Å². The van der Waals surface area contributed by atoms with Gasteiger partial charge in [0.1, 0.15) is 18.5 Å². The van der Waals surface area contributed by atoms with Gasteiger partial charge >= 0.3 is 0 Å². The number of halogens is 1. The highest BCUT2D eigenvalue weighted by atomic mass is 19.1. The highest BCUT2D eigenvalue weighted by Gasteiger charge is 2.26. The Bertz CT molecular complexity index is 828. The molecule has 4 rings (SSSR count). The summed E-state index contributed by atoms with van der Waals surface area (Å²) in [5.74, 6) is 0.897. The zero-order chi connectivity index (χ0) is 16.4. The lowest BCUT2D eigenvalue weighted by molar-refractivity contribution is 0.229. The van der Waals surface area contributed by atoms with Crippen LogP contribution in [0.4, 0.5) is 4.39 Å². The van der Waals surface area contributed by atoms with Crippen molar-refractivity contribution in [2.45, 2.75) is 19.1 Å². The van der Waals surface area contributed by atoms with Crippen LogP contribution in [0.1, 0.15) is 22.8 Å². The lowest BCUT2D eigenvalue weighted by Gasteiger charge is -2.12. The summed E-state index contributed by atoms with van der Waals surface area (Å²) in [6, 6.07) is 22.9. The molecule has 3 aromatic carbocycles. The quantitative estimate of drug-likeness (QED) is 0.667. The first-order valence-corrected chi connectivity index (χ1v) is 8.00. The van der Waals surface area contributed by atoms with Gasteiger partial charge in [0, 0.05) is 12.0 Å². The van der Waals surface area contributed by atoms with E-state index < -0.39 is 0 Å². The van der Waals surface area contributed by atoms with Crippen molar-refractivity contribution in [2.75, 3.05) is 0 Å². The van der Waals surface area contributed by atoms with E-state index in [4.69, 9.17) is 9.47 Å². The third-order valence-electron chi connectivity index (χ3n) is 4.21. The number of fused-ring (bicyclic) bond motifs is 1. The Kier molecular flexibility index (Phi) is 3.91. The molecule has 1 heterocycles. The molecule has 0 amide bonds. The molecule has 0 saturated carbocycles. The molecule has 3 aromatic rings.